The molecular formula is C24H21NO3S. The molecule has 5 heteroatoms. The Hall–Kier alpha value is -3.18. The molecule has 0 fully saturated rings. The molecule has 0 unspecified atom stereocenters. The van der Waals surface area contributed by atoms with Gasteiger partial charge < -0.3 is 0 Å². The van der Waals surface area contributed by atoms with E-state index in [0.29, 0.717) is 12.0 Å². The van der Waals surface area contributed by atoms with E-state index in [1.54, 1.807) is 24.3 Å². The van der Waals surface area contributed by atoms with Crippen LogP contribution in [0.3, 0.4) is 0 Å². The zero-order valence-electron chi connectivity index (χ0n) is 16.1. The molecule has 0 atom stereocenters. The van der Waals surface area contributed by atoms with Gasteiger partial charge in [0.2, 0.25) is 0 Å². The van der Waals surface area contributed by atoms with Crippen molar-refractivity contribution in [1.82, 2.24) is 4.31 Å². The number of nitrogens with zero attached hydrogens (tertiary/aromatic N) is 1. The molecular weight excluding hydrogens is 382 g/mol. The lowest BCUT2D eigenvalue weighted by molar-refractivity contribution is -0.120. The minimum atomic E-state index is -3.92. The van der Waals surface area contributed by atoms with Crippen LogP contribution in [0.2, 0.25) is 0 Å². The maximum Gasteiger partial charge on any atom is 0.268 e. The summed E-state index contributed by atoms with van der Waals surface area (Å²) < 4.78 is 27.4. The fourth-order valence-electron chi connectivity index (χ4n) is 3.59. The molecule has 0 bridgehead atoms. The van der Waals surface area contributed by atoms with Crippen molar-refractivity contribution < 1.29 is 13.2 Å². The predicted octanol–water partition coefficient (Wildman–Crippen LogP) is 4.53. The second kappa shape index (κ2) is 7.68. The molecule has 3 aromatic carbocycles. The van der Waals surface area contributed by atoms with Crippen molar-refractivity contribution >= 4 is 27.1 Å². The molecule has 0 saturated carbocycles. The molecule has 3 aromatic rings. The number of benzene rings is 3. The highest BCUT2D eigenvalue weighted by molar-refractivity contribution is 7.89. The first-order valence-electron chi connectivity index (χ1n) is 9.46. The molecule has 1 heterocycles. The van der Waals surface area contributed by atoms with E-state index in [1.807, 2.05) is 67.6 Å². The van der Waals surface area contributed by atoms with E-state index < -0.39 is 15.9 Å². The summed E-state index contributed by atoms with van der Waals surface area (Å²) in [5.74, 6) is -0.484. The van der Waals surface area contributed by atoms with Gasteiger partial charge in [0.1, 0.15) is 0 Å². The van der Waals surface area contributed by atoms with Crippen LogP contribution in [0.4, 0.5) is 0 Å². The number of hydrogen-bond acceptors (Lipinski definition) is 3. The molecule has 1 aliphatic heterocycles. The average Bonchev–Trinajstić information content (AvgIpc) is 2.75. The van der Waals surface area contributed by atoms with Gasteiger partial charge in [-0.25, -0.2) is 12.7 Å². The van der Waals surface area contributed by atoms with Crippen LogP contribution in [0, 0.1) is 6.92 Å². The third-order valence-corrected chi connectivity index (χ3v) is 6.90. The minimum absolute atomic E-state index is 0.121. The topological polar surface area (TPSA) is 54.5 Å². The number of sulfonamides is 1. The van der Waals surface area contributed by atoms with Gasteiger partial charge in [-0.3, -0.25) is 4.79 Å². The first-order valence-corrected chi connectivity index (χ1v) is 10.9. The average molecular weight is 404 g/mol. The molecule has 1 aliphatic rings. The minimum Gasteiger partial charge on any atom is -0.268 e. The Balaban J connectivity index is 1.84. The summed E-state index contributed by atoms with van der Waals surface area (Å²) >= 11 is 0. The van der Waals surface area contributed by atoms with Gasteiger partial charge >= 0.3 is 0 Å². The Morgan fingerprint density at radius 2 is 1.31 bits per heavy atom. The van der Waals surface area contributed by atoms with Crippen LogP contribution >= 0.6 is 0 Å². The Kier molecular flexibility index (Phi) is 5.07. The maximum atomic E-state index is 13.5. The molecule has 4 nitrogen and oxygen atoms in total. The third-order valence-electron chi connectivity index (χ3n) is 5.10. The Morgan fingerprint density at radius 1 is 0.759 bits per heavy atom. The van der Waals surface area contributed by atoms with Crippen LogP contribution < -0.4 is 0 Å². The van der Waals surface area contributed by atoms with Gasteiger partial charge in [-0.1, -0.05) is 78.4 Å². The summed E-state index contributed by atoms with van der Waals surface area (Å²) in [4.78, 5) is 13.6. The van der Waals surface area contributed by atoms with Crippen molar-refractivity contribution in [3.8, 4) is 0 Å². The summed E-state index contributed by atoms with van der Waals surface area (Å²) in [5.41, 5.74) is 3.94. The van der Waals surface area contributed by atoms with E-state index >= 15 is 0 Å². The summed E-state index contributed by atoms with van der Waals surface area (Å²) in [6.45, 7) is 2.01. The van der Waals surface area contributed by atoms with Gasteiger partial charge in [0.25, 0.3) is 15.9 Å². The molecule has 0 radical (unpaired) electrons. The van der Waals surface area contributed by atoms with E-state index in [1.165, 1.54) is 0 Å². The van der Waals surface area contributed by atoms with Crippen molar-refractivity contribution in [3.63, 3.8) is 0 Å². The fourth-order valence-corrected chi connectivity index (χ4v) is 4.97. The van der Waals surface area contributed by atoms with Crippen molar-refractivity contribution in [1.29, 1.82) is 0 Å². The number of hydrogen-bond donors (Lipinski definition) is 0. The highest BCUT2D eigenvalue weighted by Gasteiger charge is 2.36. The smallest absolute Gasteiger partial charge is 0.268 e. The van der Waals surface area contributed by atoms with Crippen LogP contribution in [0.1, 0.15) is 23.1 Å². The van der Waals surface area contributed by atoms with Crippen LogP contribution in [-0.4, -0.2) is 25.2 Å². The van der Waals surface area contributed by atoms with Crippen LogP contribution in [0.15, 0.2) is 89.8 Å². The second-order valence-corrected chi connectivity index (χ2v) is 8.89. The van der Waals surface area contributed by atoms with Gasteiger partial charge in [-0.15, -0.1) is 0 Å². The molecule has 4 rings (SSSR count). The number of amides is 1. The fraction of sp³-hybridized carbons (Fsp3) is 0.125. The van der Waals surface area contributed by atoms with Crippen molar-refractivity contribution in [2.45, 2.75) is 18.2 Å². The number of carbonyl (C=O) groups is 1. The van der Waals surface area contributed by atoms with E-state index in [-0.39, 0.29) is 11.4 Å². The molecule has 29 heavy (non-hydrogen) atoms. The van der Waals surface area contributed by atoms with Crippen molar-refractivity contribution in [2.24, 2.45) is 0 Å². The summed E-state index contributed by atoms with van der Waals surface area (Å²) in [6, 6.07) is 25.5. The van der Waals surface area contributed by atoms with Gasteiger partial charge in [0.05, 0.1) is 10.5 Å². The second-order valence-electron chi connectivity index (χ2n) is 7.03. The Morgan fingerprint density at radius 3 is 1.90 bits per heavy atom. The summed E-state index contributed by atoms with van der Waals surface area (Å²) in [6.07, 6.45) is 0.463. The first kappa shape index (κ1) is 19.2. The monoisotopic (exact) mass is 403 g/mol. The number of rotatable bonds is 4. The standard InChI is InChI=1S/C24H21NO3S/c1-18-12-14-21(15-13-18)29(27,28)25-17-16-22(19-8-4-2-5-9-19)23(24(25)26)20-10-6-3-7-11-20/h2-15H,16-17H2,1H3. The third kappa shape index (κ3) is 3.61. The van der Waals surface area contributed by atoms with E-state index in [2.05, 4.69) is 0 Å². The number of aryl methyl sites for hydroxylation is 1. The first-order chi connectivity index (χ1) is 14.0. The van der Waals surface area contributed by atoms with E-state index in [4.69, 9.17) is 0 Å². The lowest BCUT2D eigenvalue weighted by atomic mass is 9.89. The van der Waals surface area contributed by atoms with Gasteiger partial charge in [-0.2, -0.15) is 0 Å². The van der Waals surface area contributed by atoms with Crippen LogP contribution in [-0.2, 0) is 14.8 Å². The molecule has 0 aromatic heterocycles. The predicted molar refractivity (Wildman–Crippen MR) is 114 cm³/mol. The quantitative estimate of drug-likeness (QED) is 0.643. The molecule has 1 amide bonds. The van der Waals surface area contributed by atoms with E-state index in [0.717, 1.165) is 26.6 Å². The zero-order chi connectivity index (χ0) is 20.4. The Labute approximate surface area is 171 Å². The molecule has 0 saturated heterocycles. The lowest BCUT2D eigenvalue weighted by Crippen LogP contribution is -2.41. The summed E-state index contributed by atoms with van der Waals surface area (Å²) in [7, 11) is -3.92. The SMILES string of the molecule is Cc1ccc(S(=O)(=O)N2CCC(c3ccccc3)=C(c3ccccc3)C2=O)cc1. The Bertz CT molecular complexity index is 1170. The van der Waals surface area contributed by atoms with Gasteiger partial charge in [-0.05, 0) is 42.2 Å². The molecule has 0 aliphatic carbocycles. The van der Waals surface area contributed by atoms with E-state index in [9.17, 15) is 13.2 Å². The molecule has 0 spiro atoms. The summed E-state index contributed by atoms with van der Waals surface area (Å²) in [5, 5.41) is 0. The maximum absolute atomic E-state index is 13.5. The molecule has 146 valence electrons. The van der Waals surface area contributed by atoms with Crippen LogP contribution in [0.5, 0.6) is 0 Å². The highest BCUT2D eigenvalue weighted by Crippen LogP contribution is 2.36. The molecule has 0 N–H and O–H groups in total. The van der Waals surface area contributed by atoms with Gasteiger partial charge in [0, 0.05) is 6.54 Å². The van der Waals surface area contributed by atoms with Crippen molar-refractivity contribution in [3.05, 3.63) is 102 Å². The highest BCUT2D eigenvalue weighted by atomic mass is 32.2. The van der Waals surface area contributed by atoms with Gasteiger partial charge in [0.15, 0.2) is 0 Å². The zero-order valence-corrected chi connectivity index (χ0v) is 16.9. The lowest BCUT2D eigenvalue weighted by Gasteiger charge is -2.30. The number of carbonyl (C=O) groups excluding carboxylic acids is 1. The van der Waals surface area contributed by atoms with Crippen molar-refractivity contribution in [2.75, 3.05) is 6.54 Å². The largest absolute Gasteiger partial charge is 0.268 e. The van der Waals surface area contributed by atoms with Crippen LogP contribution in [0.25, 0.3) is 11.1 Å². The normalized spacial score (nSPS) is 14.9.